The maximum absolute atomic E-state index is 5.86. The largest absolute Gasteiger partial charge is 0.294 e. The van der Waals surface area contributed by atoms with Crippen LogP contribution < -0.4 is 0 Å². The third-order valence-corrected chi connectivity index (χ3v) is 3.46. The fourth-order valence-electron chi connectivity index (χ4n) is 2.23. The summed E-state index contributed by atoms with van der Waals surface area (Å²) in [7, 11) is 1.99. The molecule has 1 aromatic carbocycles. The van der Waals surface area contributed by atoms with E-state index >= 15 is 0 Å². The molecule has 2 aromatic rings. The van der Waals surface area contributed by atoms with Crippen LogP contribution in [0.25, 0.3) is 10.9 Å². The van der Waals surface area contributed by atoms with E-state index in [9.17, 15) is 0 Å². The Morgan fingerprint density at radius 3 is 2.72 bits per heavy atom. The van der Waals surface area contributed by atoms with Crippen LogP contribution in [-0.4, -0.2) is 33.1 Å². The Bertz CT molecular complexity index is 519. The highest BCUT2D eigenvalue weighted by atomic mass is 35.5. The standard InChI is InChI=1S/C14H20ClN3/c1-11(2)18(9-8-15)10-13-12-6-4-5-7-14(12)17(3)16-13/h4-7,11H,8-10H2,1-3H3. The third-order valence-electron chi connectivity index (χ3n) is 3.29. The van der Waals surface area contributed by atoms with Gasteiger partial charge in [0.15, 0.2) is 0 Å². The molecule has 18 heavy (non-hydrogen) atoms. The number of rotatable bonds is 5. The van der Waals surface area contributed by atoms with Gasteiger partial charge < -0.3 is 0 Å². The quantitative estimate of drug-likeness (QED) is 0.775. The average molecular weight is 266 g/mol. The molecule has 4 heteroatoms. The fraction of sp³-hybridized carbons (Fsp3) is 0.500. The van der Waals surface area contributed by atoms with Crippen molar-refractivity contribution in [2.45, 2.75) is 26.4 Å². The lowest BCUT2D eigenvalue weighted by molar-refractivity contribution is 0.224. The number of alkyl halides is 1. The smallest absolute Gasteiger partial charge is 0.0843 e. The van der Waals surface area contributed by atoms with Crippen LogP contribution in [0.15, 0.2) is 24.3 Å². The molecule has 0 saturated heterocycles. The van der Waals surface area contributed by atoms with Gasteiger partial charge in [-0.2, -0.15) is 5.10 Å². The first-order valence-electron chi connectivity index (χ1n) is 6.34. The van der Waals surface area contributed by atoms with Crippen LogP contribution in [0.2, 0.25) is 0 Å². The van der Waals surface area contributed by atoms with Gasteiger partial charge in [0.1, 0.15) is 0 Å². The van der Waals surface area contributed by atoms with Gasteiger partial charge in [0.05, 0.1) is 11.2 Å². The predicted molar refractivity (Wildman–Crippen MR) is 77.0 cm³/mol. The molecular weight excluding hydrogens is 246 g/mol. The van der Waals surface area contributed by atoms with Gasteiger partial charge in [0, 0.05) is 37.4 Å². The number of halogens is 1. The van der Waals surface area contributed by atoms with Crippen LogP contribution in [-0.2, 0) is 13.6 Å². The Morgan fingerprint density at radius 2 is 2.06 bits per heavy atom. The van der Waals surface area contributed by atoms with E-state index in [2.05, 4.69) is 42.0 Å². The summed E-state index contributed by atoms with van der Waals surface area (Å²) in [4.78, 5) is 2.35. The zero-order valence-corrected chi connectivity index (χ0v) is 12.0. The molecule has 2 rings (SSSR count). The van der Waals surface area contributed by atoms with E-state index in [4.69, 9.17) is 11.6 Å². The van der Waals surface area contributed by atoms with Crippen molar-refractivity contribution < 1.29 is 0 Å². The molecule has 0 N–H and O–H groups in total. The van der Waals surface area contributed by atoms with Gasteiger partial charge in [-0.15, -0.1) is 11.6 Å². The molecule has 1 heterocycles. The Labute approximate surface area is 113 Å². The van der Waals surface area contributed by atoms with Crippen LogP contribution in [0.5, 0.6) is 0 Å². The molecule has 0 radical (unpaired) electrons. The first-order valence-corrected chi connectivity index (χ1v) is 6.87. The Kier molecular flexibility index (Phi) is 4.25. The third kappa shape index (κ3) is 2.68. The van der Waals surface area contributed by atoms with Crippen molar-refractivity contribution in [3.8, 4) is 0 Å². The van der Waals surface area contributed by atoms with Gasteiger partial charge in [0.25, 0.3) is 0 Å². The number of hydrogen-bond donors (Lipinski definition) is 0. The molecule has 0 unspecified atom stereocenters. The molecule has 98 valence electrons. The van der Waals surface area contributed by atoms with Crippen molar-refractivity contribution in [1.29, 1.82) is 0 Å². The van der Waals surface area contributed by atoms with Gasteiger partial charge >= 0.3 is 0 Å². The molecule has 0 aliphatic carbocycles. The molecule has 0 bridgehead atoms. The summed E-state index contributed by atoms with van der Waals surface area (Å²) in [5, 5.41) is 5.86. The molecule has 0 amide bonds. The molecule has 0 spiro atoms. The maximum atomic E-state index is 5.86. The average Bonchev–Trinajstić information content (AvgIpc) is 2.66. The molecule has 1 aromatic heterocycles. The lowest BCUT2D eigenvalue weighted by Gasteiger charge is -2.24. The van der Waals surface area contributed by atoms with Gasteiger partial charge in [-0.3, -0.25) is 9.58 Å². The lowest BCUT2D eigenvalue weighted by Crippen LogP contribution is -2.32. The second-order valence-corrected chi connectivity index (χ2v) is 5.22. The normalized spacial score (nSPS) is 11.9. The highest BCUT2D eigenvalue weighted by Gasteiger charge is 2.14. The van der Waals surface area contributed by atoms with E-state index in [1.165, 1.54) is 10.9 Å². The first kappa shape index (κ1) is 13.4. The number of benzene rings is 1. The molecule has 3 nitrogen and oxygen atoms in total. The number of nitrogens with zero attached hydrogens (tertiary/aromatic N) is 3. The van der Waals surface area contributed by atoms with Crippen molar-refractivity contribution >= 4 is 22.5 Å². The summed E-state index contributed by atoms with van der Waals surface area (Å²) in [6.45, 7) is 6.13. The molecule has 0 saturated carbocycles. The topological polar surface area (TPSA) is 21.1 Å². The predicted octanol–water partition coefficient (Wildman–Crippen LogP) is 3.02. The second-order valence-electron chi connectivity index (χ2n) is 4.84. The van der Waals surface area contributed by atoms with E-state index in [1.807, 2.05) is 17.8 Å². The minimum atomic E-state index is 0.476. The minimum absolute atomic E-state index is 0.476. The Balaban J connectivity index is 2.30. The van der Waals surface area contributed by atoms with Gasteiger partial charge in [-0.1, -0.05) is 18.2 Å². The van der Waals surface area contributed by atoms with Crippen LogP contribution in [0.3, 0.4) is 0 Å². The Morgan fingerprint density at radius 1 is 1.33 bits per heavy atom. The van der Waals surface area contributed by atoms with E-state index in [1.54, 1.807) is 0 Å². The maximum Gasteiger partial charge on any atom is 0.0843 e. The van der Waals surface area contributed by atoms with E-state index < -0.39 is 0 Å². The molecule has 0 fully saturated rings. The van der Waals surface area contributed by atoms with Crippen molar-refractivity contribution in [3.05, 3.63) is 30.0 Å². The summed E-state index contributed by atoms with van der Waals surface area (Å²) in [6, 6.07) is 8.83. The highest BCUT2D eigenvalue weighted by molar-refractivity contribution is 6.18. The van der Waals surface area contributed by atoms with Crippen LogP contribution in [0.1, 0.15) is 19.5 Å². The van der Waals surface area contributed by atoms with Crippen molar-refractivity contribution in [3.63, 3.8) is 0 Å². The van der Waals surface area contributed by atoms with Crippen molar-refractivity contribution in [2.75, 3.05) is 12.4 Å². The monoisotopic (exact) mass is 265 g/mol. The summed E-state index contributed by atoms with van der Waals surface area (Å²) < 4.78 is 1.95. The second kappa shape index (κ2) is 5.72. The zero-order chi connectivity index (χ0) is 13.1. The Hall–Kier alpha value is -1.06. The summed E-state index contributed by atoms with van der Waals surface area (Å²) in [5.41, 5.74) is 2.31. The highest BCUT2D eigenvalue weighted by Crippen LogP contribution is 2.19. The number of aryl methyl sites for hydroxylation is 1. The minimum Gasteiger partial charge on any atom is -0.294 e. The molecular formula is C14H20ClN3. The van der Waals surface area contributed by atoms with E-state index in [0.717, 1.165) is 18.8 Å². The summed E-state index contributed by atoms with van der Waals surface area (Å²) in [5.74, 6) is 0.656. The van der Waals surface area contributed by atoms with Crippen LogP contribution in [0, 0.1) is 0 Å². The zero-order valence-electron chi connectivity index (χ0n) is 11.2. The number of fused-ring (bicyclic) bond motifs is 1. The van der Waals surface area contributed by atoms with Crippen LogP contribution in [0.4, 0.5) is 0 Å². The van der Waals surface area contributed by atoms with Crippen molar-refractivity contribution in [2.24, 2.45) is 7.05 Å². The van der Waals surface area contributed by atoms with Gasteiger partial charge in [0.2, 0.25) is 0 Å². The molecule has 0 aliphatic heterocycles. The number of hydrogen-bond acceptors (Lipinski definition) is 2. The SMILES string of the molecule is CC(C)N(CCCl)Cc1nn(C)c2ccccc12. The van der Waals surface area contributed by atoms with Crippen LogP contribution >= 0.6 is 11.6 Å². The molecule has 0 aliphatic rings. The molecule has 0 atom stereocenters. The summed E-state index contributed by atoms with van der Waals surface area (Å²) >= 11 is 5.86. The number of para-hydroxylation sites is 1. The van der Waals surface area contributed by atoms with E-state index in [-0.39, 0.29) is 0 Å². The van der Waals surface area contributed by atoms with Gasteiger partial charge in [-0.05, 0) is 19.9 Å². The lowest BCUT2D eigenvalue weighted by atomic mass is 10.2. The first-order chi connectivity index (χ1) is 8.63. The number of aromatic nitrogens is 2. The summed E-state index contributed by atoms with van der Waals surface area (Å²) in [6.07, 6.45) is 0. The van der Waals surface area contributed by atoms with Gasteiger partial charge in [-0.25, -0.2) is 0 Å². The van der Waals surface area contributed by atoms with E-state index in [0.29, 0.717) is 11.9 Å². The fourth-order valence-corrected chi connectivity index (χ4v) is 2.44. The van der Waals surface area contributed by atoms with Crippen molar-refractivity contribution in [1.82, 2.24) is 14.7 Å².